The van der Waals surface area contributed by atoms with Gasteiger partial charge in [-0.3, -0.25) is 0 Å². The summed E-state index contributed by atoms with van der Waals surface area (Å²) in [5, 5.41) is 10.9. The molecule has 1 N–H and O–H groups in total. The van der Waals surface area contributed by atoms with Gasteiger partial charge in [0, 0.05) is 18.4 Å². The molecule has 1 aromatic heterocycles. The van der Waals surface area contributed by atoms with Crippen molar-refractivity contribution in [1.29, 1.82) is 0 Å². The van der Waals surface area contributed by atoms with E-state index in [-0.39, 0.29) is 0 Å². The summed E-state index contributed by atoms with van der Waals surface area (Å²) in [5.41, 5.74) is 0.240. The van der Waals surface area contributed by atoms with Crippen molar-refractivity contribution in [2.24, 2.45) is 0 Å². The molecule has 0 spiro atoms. The predicted molar refractivity (Wildman–Crippen MR) is 57.8 cm³/mol. The van der Waals surface area contributed by atoms with E-state index in [9.17, 15) is 5.11 Å². The fourth-order valence-corrected chi connectivity index (χ4v) is 2.42. The number of thiazole rings is 1. The van der Waals surface area contributed by atoms with Gasteiger partial charge in [0.15, 0.2) is 0 Å². The monoisotopic (exact) mass is 215 g/mol. The third kappa shape index (κ3) is 3.04. The number of aryl methyl sites for hydroxylation is 2. The van der Waals surface area contributed by atoms with Gasteiger partial charge in [-0.1, -0.05) is 0 Å². The first-order valence-corrected chi connectivity index (χ1v) is 5.40. The fraction of sp³-hybridized carbons (Fsp3) is 0.700. The maximum Gasteiger partial charge on any atom is 0.0960 e. The average Bonchev–Trinajstić information content (AvgIpc) is 2.29. The summed E-state index contributed by atoms with van der Waals surface area (Å²) in [7, 11) is 1.59. The number of nitrogens with zero attached hydrogens (tertiary/aromatic N) is 1. The van der Waals surface area contributed by atoms with Crippen molar-refractivity contribution >= 4 is 11.3 Å². The van der Waals surface area contributed by atoms with E-state index in [2.05, 4.69) is 4.98 Å². The molecule has 14 heavy (non-hydrogen) atoms. The van der Waals surface area contributed by atoms with E-state index >= 15 is 0 Å². The molecule has 0 aliphatic carbocycles. The molecule has 1 rings (SSSR count). The predicted octanol–water partition coefficient (Wildman–Crippen LogP) is 1.70. The number of hydrogen-bond acceptors (Lipinski definition) is 4. The molecule has 0 aliphatic heterocycles. The lowest BCUT2D eigenvalue weighted by Crippen LogP contribution is -2.32. The average molecular weight is 215 g/mol. The molecule has 1 unspecified atom stereocenters. The normalized spacial score (nSPS) is 15.5. The van der Waals surface area contributed by atoms with Crippen LogP contribution in [-0.4, -0.2) is 29.4 Å². The van der Waals surface area contributed by atoms with Gasteiger partial charge in [0.25, 0.3) is 0 Å². The lowest BCUT2D eigenvalue weighted by atomic mass is 10.1. The van der Waals surface area contributed by atoms with Gasteiger partial charge in [-0.25, -0.2) is 4.98 Å². The van der Waals surface area contributed by atoms with Crippen molar-refractivity contribution in [1.82, 2.24) is 4.98 Å². The lowest BCUT2D eigenvalue weighted by Gasteiger charge is -2.20. The minimum absolute atomic E-state index is 0.338. The van der Waals surface area contributed by atoms with Crippen LogP contribution in [0.25, 0.3) is 0 Å². The van der Waals surface area contributed by atoms with Crippen LogP contribution in [0.5, 0.6) is 0 Å². The molecule has 0 fully saturated rings. The maximum absolute atomic E-state index is 9.91. The molecule has 1 aromatic rings. The van der Waals surface area contributed by atoms with E-state index in [0.29, 0.717) is 13.0 Å². The largest absolute Gasteiger partial charge is 0.387 e. The van der Waals surface area contributed by atoms with Gasteiger partial charge >= 0.3 is 0 Å². The van der Waals surface area contributed by atoms with Crippen molar-refractivity contribution in [3.05, 3.63) is 15.6 Å². The fourth-order valence-electron chi connectivity index (χ4n) is 1.30. The Morgan fingerprint density at radius 1 is 1.50 bits per heavy atom. The smallest absolute Gasteiger partial charge is 0.0960 e. The Hall–Kier alpha value is -0.450. The molecule has 0 radical (unpaired) electrons. The van der Waals surface area contributed by atoms with Crippen LogP contribution in [0.3, 0.4) is 0 Å². The second kappa shape index (κ2) is 4.38. The highest BCUT2D eigenvalue weighted by Gasteiger charge is 2.22. The van der Waals surface area contributed by atoms with Crippen LogP contribution in [0.2, 0.25) is 0 Å². The van der Waals surface area contributed by atoms with E-state index < -0.39 is 5.60 Å². The molecule has 1 heterocycles. The van der Waals surface area contributed by atoms with Crippen LogP contribution in [0, 0.1) is 13.8 Å². The highest BCUT2D eigenvalue weighted by Crippen LogP contribution is 2.21. The van der Waals surface area contributed by atoms with Gasteiger partial charge in [0.05, 0.1) is 22.9 Å². The zero-order chi connectivity index (χ0) is 10.8. The van der Waals surface area contributed by atoms with Crippen molar-refractivity contribution in [2.75, 3.05) is 13.7 Å². The number of methoxy groups -OCH3 is 1. The van der Waals surface area contributed by atoms with Gasteiger partial charge < -0.3 is 9.84 Å². The van der Waals surface area contributed by atoms with Gasteiger partial charge in [0.1, 0.15) is 0 Å². The molecule has 3 nitrogen and oxygen atoms in total. The Labute approximate surface area is 88.8 Å². The van der Waals surface area contributed by atoms with Crippen molar-refractivity contribution in [3.8, 4) is 0 Å². The Morgan fingerprint density at radius 2 is 2.14 bits per heavy atom. The molecule has 0 aromatic carbocycles. The standard InChI is InChI=1S/C10H17NO2S/c1-7-8(2)14-9(11-7)5-10(3,12)6-13-4/h12H,5-6H2,1-4H3. The van der Waals surface area contributed by atoms with Crippen LogP contribution >= 0.6 is 11.3 Å². The zero-order valence-corrected chi connectivity index (χ0v) is 9.94. The molecule has 4 heteroatoms. The summed E-state index contributed by atoms with van der Waals surface area (Å²) in [6.07, 6.45) is 0.556. The summed E-state index contributed by atoms with van der Waals surface area (Å²) < 4.78 is 4.94. The van der Waals surface area contributed by atoms with Crippen molar-refractivity contribution in [2.45, 2.75) is 32.8 Å². The molecule has 0 bridgehead atoms. The number of rotatable bonds is 4. The van der Waals surface area contributed by atoms with Crippen molar-refractivity contribution < 1.29 is 9.84 Å². The SMILES string of the molecule is COCC(C)(O)Cc1nc(C)c(C)s1. The first-order valence-electron chi connectivity index (χ1n) is 4.59. The molecule has 1 atom stereocenters. The molecular weight excluding hydrogens is 198 g/mol. The zero-order valence-electron chi connectivity index (χ0n) is 9.13. The number of hydrogen-bond donors (Lipinski definition) is 1. The Kier molecular flexibility index (Phi) is 3.64. The molecule has 80 valence electrons. The number of aliphatic hydroxyl groups is 1. The highest BCUT2D eigenvalue weighted by molar-refractivity contribution is 7.11. The second-order valence-electron chi connectivity index (χ2n) is 3.86. The second-order valence-corrected chi connectivity index (χ2v) is 5.14. The van der Waals surface area contributed by atoms with Crippen molar-refractivity contribution in [3.63, 3.8) is 0 Å². The number of aromatic nitrogens is 1. The van der Waals surface area contributed by atoms with Crippen LogP contribution < -0.4 is 0 Å². The Balaban J connectivity index is 2.68. The van der Waals surface area contributed by atoms with Gasteiger partial charge in [-0.2, -0.15) is 0 Å². The highest BCUT2D eigenvalue weighted by atomic mass is 32.1. The van der Waals surface area contributed by atoms with Gasteiger partial charge in [-0.15, -0.1) is 11.3 Å². The molecule has 0 saturated heterocycles. The first-order chi connectivity index (χ1) is 6.44. The van der Waals surface area contributed by atoms with E-state index in [0.717, 1.165) is 10.7 Å². The first kappa shape index (κ1) is 11.6. The minimum atomic E-state index is -0.814. The van der Waals surface area contributed by atoms with E-state index in [1.807, 2.05) is 13.8 Å². The van der Waals surface area contributed by atoms with Crippen LogP contribution in [-0.2, 0) is 11.2 Å². The molecule has 0 amide bonds. The topological polar surface area (TPSA) is 42.4 Å². The summed E-state index contributed by atoms with van der Waals surface area (Å²) in [4.78, 5) is 5.60. The Bertz CT molecular complexity index is 288. The quantitative estimate of drug-likeness (QED) is 0.831. The van der Waals surface area contributed by atoms with E-state index in [1.165, 1.54) is 4.88 Å². The maximum atomic E-state index is 9.91. The third-order valence-electron chi connectivity index (χ3n) is 2.06. The summed E-state index contributed by atoms with van der Waals surface area (Å²) in [6, 6.07) is 0. The molecule has 0 saturated carbocycles. The molecular formula is C10H17NO2S. The van der Waals surface area contributed by atoms with E-state index in [1.54, 1.807) is 25.4 Å². The third-order valence-corrected chi connectivity index (χ3v) is 3.13. The van der Waals surface area contributed by atoms with Gasteiger partial charge in [-0.05, 0) is 20.8 Å². The summed E-state index contributed by atoms with van der Waals surface area (Å²) in [6.45, 7) is 6.13. The molecule has 0 aliphatic rings. The van der Waals surface area contributed by atoms with Gasteiger partial charge in [0.2, 0.25) is 0 Å². The Morgan fingerprint density at radius 3 is 2.57 bits per heavy atom. The summed E-state index contributed by atoms with van der Waals surface area (Å²) in [5.74, 6) is 0. The minimum Gasteiger partial charge on any atom is -0.387 e. The number of ether oxygens (including phenoxy) is 1. The lowest BCUT2D eigenvalue weighted by molar-refractivity contribution is -0.0161. The summed E-state index contributed by atoms with van der Waals surface area (Å²) >= 11 is 1.64. The van der Waals surface area contributed by atoms with Crippen LogP contribution in [0.1, 0.15) is 22.5 Å². The van der Waals surface area contributed by atoms with Crippen LogP contribution in [0.15, 0.2) is 0 Å². The van der Waals surface area contributed by atoms with Crippen LogP contribution in [0.4, 0.5) is 0 Å². The van der Waals surface area contributed by atoms with E-state index in [4.69, 9.17) is 4.74 Å².